The summed E-state index contributed by atoms with van der Waals surface area (Å²) in [5.41, 5.74) is 0.843. The molecule has 1 fully saturated rings. The number of piperidine rings is 1. The summed E-state index contributed by atoms with van der Waals surface area (Å²) in [5.74, 6) is 1.39. The number of benzene rings is 1. The zero-order valence-electron chi connectivity index (χ0n) is 14.4. The molecule has 6 nitrogen and oxygen atoms in total. The minimum atomic E-state index is 0.0250. The number of amides is 2. The van der Waals surface area contributed by atoms with Crippen molar-refractivity contribution in [2.24, 2.45) is 0 Å². The van der Waals surface area contributed by atoms with E-state index in [9.17, 15) is 4.79 Å². The second-order valence-corrected chi connectivity index (χ2v) is 6.75. The van der Waals surface area contributed by atoms with Gasteiger partial charge in [-0.1, -0.05) is 42.2 Å². The van der Waals surface area contributed by atoms with Gasteiger partial charge in [-0.15, -0.1) is 0 Å². The van der Waals surface area contributed by atoms with Gasteiger partial charge in [0.1, 0.15) is 0 Å². The number of likely N-dealkylation sites (tertiary alicyclic amines) is 1. The van der Waals surface area contributed by atoms with E-state index in [-0.39, 0.29) is 11.9 Å². The molecule has 1 aliphatic heterocycles. The summed E-state index contributed by atoms with van der Waals surface area (Å²) in [6, 6.07) is 7.43. The van der Waals surface area contributed by atoms with Gasteiger partial charge in [-0.25, -0.2) is 4.79 Å². The van der Waals surface area contributed by atoms with Crippen LogP contribution in [0.4, 0.5) is 4.79 Å². The Balaban J connectivity index is 1.56. The molecule has 2 amide bonds. The molecule has 0 unspecified atom stereocenters. The highest BCUT2D eigenvalue weighted by atomic mass is 35.5. The van der Waals surface area contributed by atoms with E-state index in [1.807, 2.05) is 29.2 Å². The summed E-state index contributed by atoms with van der Waals surface area (Å²) >= 11 is 6.01. The molecule has 25 heavy (non-hydrogen) atoms. The minimum absolute atomic E-state index is 0.0250. The zero-order valence-corrected chi connectivity index (χ0v) is 15.1. The minimum Gasteiger partial charge on any atom is -0.339 e. The highest BCUT2D eigenvalue weighted by Gasteiger charge is 2.27. The van der Waals surface area contributed by atoms with Crippen molar-refractivity contribution >= 4 is 17.6 Å². The van der Waals surface area contributed by atoms with Gasteiger partial charge in [-0.05, 0) is 31.4 Å². The van der Waals surface area contributed by atoms with E-state index < -0.39 is 0 Å². The Morgan fingerprint density at radius 3 is 2.92 bits per heavy atom. The molecule has 1 aromatic carbocycles. The maximum Gasteiger partial charge on any atom is 0.317 e. The fourth-order valence-corrected chi connectivity index (χ4v) is 3.15. The Hall–Kier alpha value is -2.08. The summed E-state index contributed by atoms with van der Waals surface area (Å²) < 4.78 is 5.45. The van der Waals surface area contributed by atoms with Crippen molar-refractivity contribution in [3.8, 4) is 11.4 Å². The number of rotatable bonds is 5. The van der Waals surface area contributed by atoms with Gasteiger partial charge < -0.3 is 14.7 Å². The third kappa shape index (κ3) is 4.51. The van der Waals surface area contributed by atoms with Gasteiger partial charge in [0.2, 0.25) is 11.7 Å². The van der Waals surface area contributed by atoms with Crippen LogP contribution >= 0.6 is 11.6 Å². The average molecular weight is 363 g/mol. The van der Waals surface area contributed by atoms with Crippen LogP contribution < -0.4 is 5.32 Å². The number of unbranched alkanes of at least 4 members (excludes halogenated alkanes) is 1. The monoisotopic (exact) mass is 362 g/mol. The van der Waals surface area contributed by atoms with Crippen LogP contribution in [0, 0.1) is 0 Å². The molecule has 1 saturated heterocycles. The van der Waals surface area contributed by atoms with Crippen molar-refractivity contribution in [1.29, 1.82) is 0 Å². The Bertz CT molecular complexity index is 711. The number of hydrogen-bond donors (Lipinski definition) is 1. The number of urea groups is 1. The normalized spacial score (nSPS) is 15.4. The smallest absolute Gasteiger partial charge is 0.317 e. The molecule has 134 valence electrons. The first-order valence-corrected chi connectivity index (χ1v) is 9.17. The van der Waals surface area contributed by atoms with Crippen LogP contribution in [-0.2, 0) is 0 Å². The fourth-order valence-electron chi connectivity index (χ4n) is 2.96. The van der Waals surface area contributed by atoms with Gasteiger partial charge in [0, 0.05) is 36.1 Å². The highest BCUT2D eigenvalue weighted by molar-refractivity contribution is 6.30. The molecule has 3 rings (SSSR count). The average Bonchev–Trinajstić information content (AvgIpc) is 3.12. The summed E-state index contributed by atoms with van der Waals surface area (Å²) in [6.45, 7) is 4.26. The Morgan fingerprint density at radius 2 is 2.20 bits per heavy atom. The van der Waals surface area contributed by atoms with Crippen molar-refractivity contribution in [2.75, 3.05) is 19.6 Å². The lowest BCUT2D eigenvalue weighted by molar-refractivity contribution is 0.175. The summed E-state index contributed by atoms with van der Waals surface area (Å²) in [7, 11) is 0. The molecule has 0 spiro atoms. The molecular weight excluding hydrogens is 340 g/mol. The third-order valence-electron chi connectivity index (χ3n) is 4.46. The van der Waals surface area contributed by atoms with E-state index in [0.29, 0.717) is 29.8 Å². The largest absolute Gasteiger partial charge is 0.339 e. The van der Waals surface area contributed by atoms with Crippen LogP contribution in [0.2, 0.25) is 5.02 Å². The van der Waals surface area contributed by atoms with Crippen molar-refractivity contribution < 1.29 is 9.32 Å². The van der Waals surface area contributed by atoms with E-state index in [0.717, 1.165) is 37.8 Å². The molecule has 0 atom stereocenters. The number of halogens is 1. The van der Waals surface area contributed by atoms with Crippen LogP contribution in [0.1, 0.15) is 44.4 Å². The van der Waals surface area contributed by atoms with Crippen LogP contribution in [0.25, 0.3) is 11.4 Å². The van der Waals surface area contributed by atoms with Gasteiger partial charge in [0.15, 0.2) is 0 Å². The van der Waals surface area contributed by atoms with E-state index in [1.54, 1.807) is 0 Å². The molecule has 0 bridgehead atoms. The number of hydrogen-bond acceptors (Lipinski definition) is 4. The zero-order chi connectivity index (χ0) is 17.6. The van der Waals surface area contributed by atoms with Crippen LogP contribution in [0.15, 0.2) is 28.8 Å². The lowest BCUT2D eigenvalue weighted by Gasteiger charge is -2.30. The molecular formula is C18H23ClN4O2. The topological polar surface area (TPSA) is 71.3 Å². The number of carbonyl (C=O) groups excluding carboxylic acids is 1. The molecule has 2 aromatic rings. The predicted octanol–water partition coefficient (Wildman–Crippen LogP) is 4.08. The highest BCUT2D eigenvalue weighted by Crippen LogP contribution is 2.29. The van der Waals surface area contributed by atoms with Gasteiger partial charge in [-0.2, -0.15) is 4.98 Å². The number of nitrogens with one attached hydrogen (secondary N) is 1. The van der Waals surface area contributed by atoms with Gasteiger partial charge in [0.05, 0.1) is 0 Å². The second kappa shape index (κ2) is 8.34. The van der Waals surface area contributed by atoms with Crippen LogP contribution in [-0.4, -0.2) is 40.7 Å². The molecule has 7 heteroatoms. The third-order valence-corrected chi connectivity index (χ3v) is 4.70. The van der Waals surface area contributed by atoms with Gasteiger partial charge >= 0.3 is 6.03 Å². The van der Waals surface area contributed by atoms with E-state index in [4.69, 9.17) is 16.1 Å². The van der Waals surface area contributed by atoms with Crippen molar-refractivity contribution in [1.82, 2.24) is 20.4 Å². The summed E-state index contributed by atoms with van der Waals surface area (Å²) in [6.07, 6.45) is 3.75. The van der Waals surface area contributed by atoms with Crippen molar-refractivity contribution in [3.63, 3.8) is 0 Å². The van der Waals surface area contributed by atoms with Gasteiger partial charge in [-0.3, -0.25) is 0 Å². The SMILES string of the molecule is CCCCNC(=O)N1CCC(c2nc(-c3cccc(Cl)c3)no2)CC1. The lowest BCUT2D eigenvalue weighted by atomic mass is 9.97. The van der Waals surface area contributed by atoms with Gasteiger partial charge in [0.25, 0.3) is 0 Å². The standard InChI is InChI=1S/C18H23ClN4O2/c1-2-3-9-20-18(24)23-10-7-13(8-11-23)17-21-16(22-25-17)14-5-4-6-15(19)12-14/h4-6,12-13H,2-3,7-11H2,1H3,(H,20,24). The van der Waals surface area contributed by atoms with E-state index in [2.05, 4.69) is 22.4 Å². The molecule has 1 aliphatic rings. The lowest BCUT2D eigenvalue weighted by Crippen LogP contribution is -2.44. The molecule has 0 aliphatic carbocycles. The summed E-state index contributed by atoms with van der Waals surface area (Å²) in [5, 5.41) is 7.68. The van der Waals surface area contributed by atoms with Crippen LogP contribution in [0.3, 0.4) is 0 Å². The molecule has 0 saturated carbocycles. The number of nitrogens with zero attached hydrogens (tertiary/aromatic N) is 3. The molecule has 1 aromatic heterocycles. The number of carbonyl (C=O) groups is 1. The Kier molecular flexibility index (Phi) is 5.91. The fraction of sp³-hybridized carbons (Fsp3) is 0.500. The first kappa shape index (κ1) is 17.7. The first-order valence-electron chi connectivity index (χ1n) is 8.79. The predicted molar refractivity (Wildman–Crippen MR) is 96.6 cm³/mol. The van der Waals surface area contributed by atoms with Crippen molar-refractivity contribution in [3.05, 3.63) is 35.2 Å². The molecule has 2 heterocycles. The maximum absolute atomic E-state index is 12.1. The Labute approximate surface area is 152 Å². The van der Waals surface area contributed by atoms with Crippen LogP contribution in [0.5, 0.6) is 0 Å². The number of aromatic nitrogens is 2. The molecule has 0 radical (unpaired) electrons. The maximum atomic E-state index is 12.1. The second-order valence-electron chi connectivity index (χ2n) is 6.31. The quantitative estimate of drug-likeness (QED) is 0.813. The van der Waals surface area contributed by atoms with Crippen molar-refractivity contribution in [2.45, 2.75) is 38.5 Å². The van der Waals surface area contributed by atoms with E-state index in [1.165, 1.54) is 0 Å². The first-order chi connectivity index (χ1) is 12.2. The molecule has 1 N–H and O–H groups in total. The summed E-state index contributed by atoms with van der Waals surface area (Å²) in [4.78, 5) is 18.5. The Morgan fingerprint density at radius 1 is 1.40 bits per heavy atom. The van der Waals surface area contributed by atoms with E-state index >= 15 is 0 Å².